The molecular formula is C9H3BrF2O3. The molecule has 78 valence electrons. The van der Waals surface area contributed by atoms with Gasteiger partial charge in [-0.15, -0.1) is 0 Å². The molecule has 0 fully saturated rings. The van der Waals surface area contributed by atoms with Gasteiger partial charge in [0.05, 0.1) is 9.86 Å². The van der Waals surface area contributed by atoms with E-state index in [2.05, 4.69) is 15.9 Å². The Bertz CT molecular complexity index is 562. The van der Waals surface area contributed by atoms with E-state index in [4.69, 9.17) is 9.52 Å². The van der Waals surface area contributed by atoms with E-state index in [0.29, 0.717) is 0 Å². The van der Waals surface area contributed by atoms with E-state index in [9.17, 15) is 13.6 Å². The minimum atomic E-state index is -1.34. The first-order valence-electron chi connectivity index (χ1n) is 3.81. The molecule has 0 saturated carbocycles. The minimum absolute atomic E-state index is 0.0219. The molecule has 1 heterocycles. The predicted molar refractivity (Wildman–Crippen MR) is 50.8 cm³/mol. The van der Waals surface area contributed by atoms with Crippen LogP contribution in [0.15, 0.2) is 21.0 Å². The predicted octanol–water partition coefficient (Wildman–Crippen LogP) is 3.17. The van der Waals surface area contributed by atoms with Crippen LogP contribution in [0.2, 0.25) is 0 Å². The largest absolute Gasteiger partial charge is 0.475 e. The second kappa shape index (κ2) is 3.30. The zero-order valence-electron chi connectivity index (χ0n) is 7.05. The van der Waals surface area contributed by atoms with Crippen LogP contribution in [0.3, 0.4) is 0 Å². The molecule has 3 nitrogen and oxygen atoms in total. The maximum Gasteiger partial charge on any atom is 0.371 e. The summed E-state index contributed by atoms with van der Waals surface area (Å²) in [5.74, 6) is -3.95. The van der Waals surface area contributed by atoms with Crippen molar-refractivity contribution in [1.82, 2.24) is 0 Å². The van der Waals surface area contributed by atoms with Gasteiger partial charge in [0.2, 0.25) is 5.76 Å². The van der Waals surface area contributed by atoms with Crippen LogP contribution in [0.5, 0.6) is 0 Å². The van der Waals surface area contributed by atoms with Gasteiger partial charge in [0, 0.05) is 6.07 Å². The minimum Gasteiger partial charge on any atom is -0.475 e. The SMILES string of the molecule is O=C(O)c1cc2c(F)c(F)cc(Br)c2o1. The van der Waals surface area contributed by atoms with Gasteiger partial charge in [-0.1, -0.05) is 0 Å². The van der Waals surface area contributed by atoms with Gasteiger partial charge in [0.15, 0.2) is 17.2 Å². The lowest BCUT2D eigenvalue weighted by atomic mass is 10.2. The number of benzene rings is 1. The lowest BCUT2D eigenvalue weighted by molar-refractivity contribution is 0.0665. The first kappa shape index (κ1) is 10.1. The molecule has 0 unspecified atom stereocenters. The fourth-order valence-corrected chi connectivity index (χ4v) is 1.70. The molecule has 0 saturated heterocycles. The third-order valence-electron chi connectivity index (χ3n) is 1.86. The highest BCUT2D eigenvalue weighted by molar-refractivity contribution is 9.10. The fourth-order valence-electron chi connectivity index (χ4n) is 1.21. The van der Waals surface area contributed by atoms with Crippen molar-refractivity contribution in [3.05, 3.63) is 34.0 Å². The monoisotopic (exact) mass is 276 g/mol. The molecule has 15 heavy (non-hydrogen) atoms. The normalized spacial score (nSPS) is 10.9. The topological polar surface area (TPSA) is 50.4 Å². The van der Waals surface area contributed by atoms with Gasteiger partial charge >= 0.3 is 5.97 Å². The number of rotatable bonds is 1. The van der Waals surface area contributed by atoms with Gasteiger partial charge in [0.25, 0.3) is 0 Å². The molecule has 0 radical (unpaired) electrons. The Hall–Kier alpha value is -1.43. The van der Waals surface area contributed by atoms with Crippen LogP contribution >= 0.6 is 15.9 Å². The highest BCUT2D eigenvalue weighted by atomic mass is 79.9. The summed E-state index contributed by atoms with van der Waals surface area (Å²) in [6, 6.07) is 1.83. The first-order chi connectivity index (χ1) is 7.00. The Balaban J connectivity index is 2.85. The van der Waals surface area contributed by atoms with E-state index < -0.39 is 23.4 Å². The molecule has 1 N–H and O–H groups in total. The van der Waals surface area contributed by atoms with E-state index in [1.165, 1.54) is 0 Å². The zero-order valence-corrected chi connectivity index (χ0v) is 8.64. The molecule has 0 spiro atoms. The van der Waals surface area contributed by atoms with Crippen molar-refractivity contribution < 1.29 is 23.1 Å². The van der Waals surface area contributed by atoms with Crippen LogP contribution in [0.25, 0.3) is 11.0 Å². The second-order valence-electron chi connectivity index (χ2n) is 2.81. The molecule has 0 atom stereocenters. The van der Waals surface area contributed by atoms with Crippen LogP contribution in [-0.4, -0.2) is 11.1 Å². The molecule has 2 aromatic rings. The van der Waals surface area contributed by atoms with Gasteiger partial charge in [0.1, 0.15) is 0 Å². The van der Waals surface area contributed by atoms with Crippen molar-refractivity contribution in [2.75, 3.05) is 0 Å². The molecule has 2 rings (SSSR count). The van der Waals surface area contributed by atoms with Gasteiger partial charge in [-0.05, 0) is 22.0 Å². The van der Waals surface area contributed by atoms with Gasteiger partial charge < -0.3 is 9.52 Å². The molecule has 0 bridgehead atoms. The van der Waals surface area contributed by atoms with Crippen molar-refractivity contribution in [2.45, 2.75) is 0 Å². The van der Waals surface area contributed by atoms with E-state index in [1.54, 1.807) is 0 Å². The lowest BCUT2D eigenvalue weighted by Crippen LogP contribution is -1.91. The maximum atomic E-state index is 13.2. The van der Waals surface area contributed by atoms with E-state index in [-0.39, 0.29) is 15.4 Å². The second-order valence-corrected chi connectivity index (χ2v) is 3.67. The number of furan rings is 1. The van der Waals surface area contributed by atoms with Crippen LogP contribution in [0, 0.1) is 11.6 Å². The van der Waals surface area contributed by atoms with Crippen molar-refractivity contribution >= 4 is 32.9 Å². The molecule has 1 aromatic heterocycles. The van der Waals surface area contributed by atoms with Crippen LogP contribution < -0.4 is 0 Å². The number of halogens is 3. The summed E-state index contributed by atoms with van der Waals surface area (Å²) in [7, 11) is 0. The van der Waals surface area contributed by atoms with Crippen molar-refractivity contribution in [3.63, 3.8) is 0 Å². The van der Waals surface area contributed by atoms with Crippen molar-refractivity contribution in [3.8, 4) is 0 Å². The van der Waals surface area contributed by atoms with E-state index >= 15 is 0 Å². The molecule has 0 aliphatic heterocycles. The summed E-state index contributed by atoms with van der Waals surface area (Å²) in [5, 5.41) is 8.42. The van der Waals surface area contributed by atoms with Gasteiger partial charge in [-0.2, -0.15) is 0 Å². The highest BCUT2D eigenvalue weighted by Gasteiger charge is 2.18. The van der Waals surface area contributed by atoms with Crippen molar-refractivity contribution in [1.29, 1.82) is 0 Å². The summed E-state index contributed by atoms with van der Waals surface area (Å²) in [6.07, 6.45) is 0. The number of aromatic carboxylic acids is 1. The molecule has 0 amide bonds. The summed E-state index contributed by atoms with van der Waals surface area (Å²) in [4.78, 5) is 10.6. The number of fused-ring (bicyclic) bond motifs is 1. The molecule has 0 aliphatic carbocycles. The third kappa shape index (κ3) is 1.50. The molecule has 1 aromatic carbocycles. The quantitative estimate of drug-likeness (QED) is 0.814. The number of hydrogen-bond acceptors (Lipinski definition) is 2. The van der Waals surface area contributed by atoms with Crippen LogP contribution in [0.4, 0.5) is 8.78 Å². The van der Waals surface area contributed by atoms with Gasteiger partial charge in [-0.25, -0.2) is 13.6 Å². The highest BCUT2D eigenvalue weighted by Crippen LogP contribution is 2.31. The molecular weight excluding hydrogens is 274 g/mol. The van der Waals surface area contributed by atoms with E-state index in [0.717, 1.165) is 12.1 Å². The maximum absolute atomic E-state index is 13.2. The smallest absolute Gasteiger partial charge is 0.371 e. The standard InChI is InChI=1S/C9H3BrF2O3/c10-4-2-5(11)7(12)3-1-6(9(13)14)15-8(3)4/h1-2H,(H,13,14). The molecule has 6 heteroatoms. The summed E-state index contributed by atoms with van der Waals surface area (Å²) in [5.41, 5.74) is -0.0219. The third-order valence-corrected chi connectivity index (χ3v) is 2.45. The van der Waals surface area contributed by atoms with Gasteiger partial charge in [-0.3, -0.25) is 0 Å². The first-order valence-corrected chi connectivity index (χ1v) is 4.60. The van der Waals surface area contributed by atoms with Crippen LogP contribution in [0.1, 0.15) is 10.6 Å². The molecule has 0 aliphatic rings. The average molecular weight is 277 g/mol. The number of carboxylic acid groups (broad SMARTS) is 1. The van der Waals surface area contributed by atoms with Crippen molar-refractivity contribution in [2.24, 2.45) is 0 Å². The number of hydrogen-bond donors (Lipinski definition) is 1. The summed E-state index contributed by atoms with van der Waals surface area (Å²) in [6.45, 7) is 0. The number of carboxylic acids is 1. The van der Waals surface area contributed by atoms with E-state index in [1.807, 2.05) is 0 Å². The van der Waals surface area contributed by atoms with Crippen LogP contribution in [-0.2, 0) is 0 Å². The Kier molecular flexibility index (Phi) is 2.22. The summed E-state index contributed by atoms with van der Waals surface area (Å²) >= 11 is 2.95. The Labute approximate surface area is 90.4 Å². The summed E-state index contributed by atoms with van der Waals surface area (Å²) < 4.78 is 31.1. The Morgan fingerprint density at radius 1 is 1.40 bits per heavy atom. The Morgan fingerprint density at radius 2 is 2.07 bits per heavy atom. The average Bonchev–Trinajstić information content (AvgIpc) is 2.59. The Morgan fingerprint density at radius 3 is 2.67 bits per heavy atom. The zero-order chi connectivity index (χ0) is 11.2. The fraction of sp³-hybridized carbons (Fsp3) is 0. The number of carbonyl (C=O) groups is 1. The lowest BCUT2D eigenvalue weighted by Gasteiger charge is -1.95.